The minimum atomic E-state index is -5.39. The van der Waals surface area contributed by atoms with Crippen LogP contribution in [0.5, 0.6) is 0 Å². The summed E-state index contributed by atoms with van der Waals surface area (Å²) in [7, 11) is 17.3. The van der Waals surface area contributed by atoms with Gasteiger partial charge in [0.2, 0.25) is 0 Å². The second-order valence-electron chi connectivity index (χ2n) is 12.4. The first-order valence-electron chi connectivity index (χ1n) is 16.2. The summed E-state index contributed by atoms with van der Waals surface area (Å²) in [5.41, 5.74) is 3.87. The standard InChI is InChI=1S/3C10H15N6O.H3O4P/c3*1-14(2)10(15(3)4)17-16-9-8(12-13-16)6-5-7-11-9;1-5(2,3)4/h3*5-7H,1-4H3;(H3,1,2,3,4)/q3*+1;/p-3. The molecular weight excluding hydrogens is 755 g/mol. The van der Waals surface area contributed by atoms with Crippen LogP contribution in [0.3, 0.4) is 0 Å². The molecule has 0 bridgehead atoms. The van der Waals surface area contributed by atoms with Gasteiger partial charge in [0.25, 0.3) is 16.9 Å². The number of pyridine rings is 3. The van der Waals surface area contributed by atoms with Gasteiger partial charge in [-0.1, -0.05) is 0 Å². The van der Waals surface area contributed by atoms with E-state index in [2.05, 4.69) is 45.9 Å². The summed E-state index contributed by atoms with van der Waals surface area (Å²) in [6.07, 6.45) is 5.03. The monoisotopic (exact) mass is 800 g/mol. The van der Waals surface area contributed by atoms with Gasteiger partial charge < -0.3 is 19.2 Å². The lowest BCUT2D eigenvalue weighted by molar-refractivity contribution is -0.432. The molecule has 6 aromatic rings. The number of amides is 6. The van der Waals surface area contributed by atoms with Crippen LogP contribution in [0, 0.1) is 0 Å². The molecule has 0 aliphatic carbocycles. The van der Waals surface area contributed by atoms with E-state index in [1.807, 2.05) is 150 Å². The van der Waals surface area contributed by atoms with E-state index in [-0.39, 0.29) is 0 Å². The fourth-order valence-electron chi connectivity index (χ4n) is 4.34. The van der Waals surface area contributed by atoms with Crippen LogP contribution in [0.15, 0.2) is 55.0 Å². The molecule has 302 valence electrons. The van der Waals surface area contributed by atoms with E-state index in [0.29, 0.717) is 51.6 Å². The first kappa shape index (κ1) is 44.0. The molecule has 25 nitrogen and oxygen atoms in total. The van der Waals surface area contributed by atoms with Gasteiger partial charge >= 0.3 is 18.1 Å². The molecule has 0 unspecified atom stereocenters. The van der Waals surface area contributed by atoms with Crippen molar-refractivity contribution in [3.63, 3.8) is 0 Å². The molecule has 6 aromatic heterocycles. The highest BCUT2D eigenvalue weighted by Gasteiger charge is 2.25. The Hall–Kier alpha value is -6.43. The average Bonchev–Trinajstić information content (AvgIpc) is 3.84. The van der Waals surface area contributed by atoms with Crippen LogP contribution >= 0.6 is 7.82 Å². The van der Waals surface area contributed by atoms with Crippen molar-refractivity contribution in [2.75, 3.05) is 84.6 Å². The van der Waals surface area contributed by atoms with E-state index >= 15 is 0 Å². The first-order valence-corrected chi connectivity index (χ1v) is 17.7. The van der Waals surface area contributed by atoms with Gasteiger partial charge in [-0.15, -0.1) is 15.3 Å². The quantitative estimate of drug-likeness (QED) is 0.143. The van der Waals surface area contributed by atoms with Crippen LogP contribution in [0.4, 0.5) is 13.6 Å². The molecule has 26 heteroatoms. The molecule has 6 rings (SSSR count). The van der Waals surface area contributed by atoms with Crippen LogP contribution in [0.2, 0.25) is 0 Å². The Bertz CT molecular complexity index is 2020. The van der Waals surface area contributed by atoms with Crippen molar-refractivity contribution in [2.24, 2.45) is 0 Å². The summed E-state index contributed by atoms with van der Waals surface area (Å²) in [5.74, 6) is 0. The Labute approximate surface area is 321 Å². The maximum absolute atomic E-state index is 8.55. The molecule has 0 aromatic carbocycles. The third-order valence-electron chi connectivity index (χ3n) is 6.34. The van der Waals surface area contributed by atoms with Crippen molar-refractivity contribution in [1.82, 2.24) is 89.8 Å². The molecule has 0 aliphatic heterocycles. The minimum Gasteiger partial charge on any atom is -0.822 e. The molecule has 0 spiro atoms. The highest BCUT2D eigenvalue weighted by molar-refractivity contribution is 7.40. The molecule has 0 radical (unpaired) electrons. The Morgan fingerprint density at radius 3 is 0.893 bits per heavy atom. The molecule has 0 fully saturated rings. The summed E-state index contributed by atoms with van der Waals surface area (Å²) in [6, 6.07) is 12.9. The van der Waals surface area contributed by atoms with E-state index in [0.717, 1.165) is 0 Å². The van der Waals surface area contributed by atoms with Crippen LogP contribution in [-0.4, -0.2) is 192 Å². The lowest BCUT2D eigenvalue weighted by atomic mass is 10.4. The van der Waals surface area contributed by atoms with Gasteiger partial charge in [0.15, 0.2) is 14.5 Å². The van der Waals surface area contributed by atoms with E-state index in [9.17, 15) is 0 Å². The number of rotatable bonds is 3. The van der Waals surface area contributed by atoms with E-state index < -0.39 is 7.82 Å². The number of fused-ring (bicyclic) bond motifs is 3. The maximum atomic E-state index is 8.55. The van der Waals surface area contributed by atoms with E-state index in [1.165, 1.54) is 14.5 Å². The van der Waals surface area contributed by atoms with Gasteiger partial charge in [-0.05, 0) is 50.0 Å². The highest BCUT2D eigenvalue weighted by Crippen LogP contribution is 2.11. The van der Waals surface area contributed by atoms with Crippen LogP contribution in [0.25, 0.3) is 33.5 Å². The van der Waals surface area contributed by atoms with Crippen molar-refractivity contribution in [3.8, 4) is 0 Å². The summed E-state index contributed by atoms with van der Waals surface area (Å²) in [5, 5.41) is 23.6. The lowest BCUT2D eigenvalue weighted by Gasteiger charge is -2.36. The average molecular weight is 801 g/mol. The molecule has 0 saturated carbocycles. The third-order valence-corrected chi connectivity index (χ3v) is 6.34. The number of phosphoric acid groups is 1. The molecule has 0 aliphatic rings. The summed E-state index contributed by atoms with van der Waals surface area (Å²) >= 11 is 0. The molecule has 0 saturated heterocycles. The smallest absolute Gasteiger partial charge is 0.554 e. The third kappa shape index (κ3) is 12.9. The molecule has 0 N–H and O–H groups in total. The van der Waals surface area contributed by atoms with Crippen LogP contribution < -0.4 is 14.7 Å². The number of aromatic nitrogens is 12. The Kier molecular flexibility index (Phi) is 15.5. The number of carbonyl (C=O) groups excluding carboxylic acids is 3. The molecule has 6 heterocycles. The van der Waals surface area contributed by atoms with Crippen molar-refractivity contribution < 1.29 is 32.8 Å². The van der Waals surface area contributed by atoms with Crippen molar-refractivity contribution in [1.29, 1.82) is 0 Å². The van der Waals surface area contributed by atoms with Gasteiger partial charge in [-0.3, -0.25) is 29.4 Å². The van der Waals surface area contributed by atoms with Crippen molar-refractivity contribution in [2.45, 2.75) is 0 Å². The van der Waals surface area contributed by atoms with Crippen molar-refractivity contribution >= 4 is 59.4 Å². The Balaban J connectivity index is 0.000000212. The molecule has 6 amide bonds. The normalized spacial score (nSPS) is 10.5. The molecule has 0 atom stereocenters. The number of hydrogen-bond donors (Lipinski definition) is 0. The zero-order valence-corrected chi connectivity index (χ0v) is 33.9. The SMILES string of the molecule is CN(C)C(=[O+]n1nnc2cccnc21)N(C)C.CN(C)C(=[O+]n1nnc2cccnc21)N(C)C.CN(C)C(=[O+]n1nnc2cccnc21)N(C)C.O=P([O-])([O-])[O-]. The summed E-state index contributed by atoms with van der Waals surface area (Å²) in [4.78, 5) is 53.2. The zero-order valence-electron chi connectivity index (χ0n) is 33.1. The number of urea groups is 3. The van der Waals surface area contributed by atoms with Gasteiger partial charge in [0.1, 0.15) is 16.6 Å². The highest BCUT2D eigenvalue weighted by atomic mass is 31.2. The van der Waals surface area contributed by atoms with E-state index in [4.69, 9.17) is 32.8 Å². The molecule has 56 heavy (non-hydrogen) atoms. The van der Waals surface area contributed by atoms with Crippen LogP contribution in [-0.2, 0) is 4.57 Å². The van der Waals surface area contributed by atoms with Gasteiger partial charge in [-0.2, -0.15) is 7.82 Å². The number of hydrogen-bond acceptors (Lipinski definition) is 13. The lowest BCUT2D eigenvalue weighted by Crippen LogP contribution is -2.35. The fraction of sp³-hybridized carbons (Fsp3) is 0.400. The second-order valence-corrected chi connectivity index (χ2v) is 13.3. The van der Waals surface area contributed by atoms with Gasteiger partial charge in [-0.25, -0.2) is 15.0 Å². The Morgan fingerprint density at radius 2 is 0.696 bits per heavy atom. The predicted octanol–water partition coefficient (Wildman–Crippen LogP) is -1.72. The largest absolute Gasteiger partial charge is 0.822 e. The second kappa shape index (κ2) is 19.8. The van der Waals surface area contributed by atoms with E-state index in [1.54, 1.807) is 18.6 Å². The predicted molar refractivity (Wildman–Crippen MR) is 198 cm³/mol. The minimum absolute atomic E-state index is 0.591. The Morgan fingerprint density at radius 1 is 0.482 bits per heavy atom. The first-order chi connectivity index (χ1) is 26.3. The topological polar surface area (TPSA) is 270 Å². The summed E-state index contributed by atoms with van der Waals surface area (Å²) in [6.45, 7) is 0. The van der Waals surface area contributed by atoms with Crippen molar-refractivity contribution in [3.05, 3.63) is 55.0 Å². The molecular formula is C30H45N18O7P. The summed E-state index contributed by atoms with van der Waals surface area (Å²) < 4.78 is 25.5. The maximum Gasteiger partial charge on any atom is 0.554 e. The number of nitrogens with zero attached hydrogens (tertiary/aromatic N) is 18. The van der Waals surface area contributed by atoms with Gasteiger partial charge in [0, 0.05) is 119 Å². The van der Waals surface area contributed by atoms with Crippen LogP contribution in [0.1, 0.15) is 0 Å². The fourth-order valence-corrected chi connectivity index (χ4v) is 4.34. The van der Waals surface area contributed by atoms with Gasteiger partial charge in [0.05, 0.1) is 0 Å². The zero-order chi connectivity index (χ0) is 41.7.